The lowest BCUT2D eigenvalue weighted by atomic mass is 9.92. The zero-order chi connectivity index (χ0) is 12.4. The second-order valence-electron chi connectivity index (χ2n) is 5.85. The van der Waals surface area contributed by atoms with E-state index < -0.39 is 0 Å². The molecule has 0 radical (unpaired) electrons. The second-order valence-corrected chi connectivity index (χ2v) is 6.58. The summed E-state index contributed by atoms with van der Waals surface area (Å²) >= 11 is 1.60. The summed E-state index contributed by atoms with van der Waals surface area (Å²) < 4.78 is 4.57. The first-order valence-corrected chi connectivity index (χ1v) is 7.90. The Morgan fingerprint density at radius 3 is 2.32 bits per heavy atom. The van der Waals surface area contributed by atoms with E-state index in [2.05, 4.69) is 33.5 Å². The highest BCUT2D eigenvalue weighted by molar-refractivity contribution is 7.09. The Morgan fingerprint density at radius 1 is 1.00 bits per heavy atom. The van der Waals surface area contributed by atoms with Gasteiger partial charge in [-0.3, -0.25) is 0 Å². The number of rotatable bonds is 2. The molecular formula is C15H15N3S. The molecule has 3 nitrogen and oxygen atoms in total. The van der Waals surface area contributed by atoms with Crippen LogP contribution in [0.4, 0.5) is 5.13 Å². The van der Waals surface area contributed by atoms with E-state index in [0.717, 1.165) is 11.0 Å². The van der Waals surface area contributed by atoms with E-state index in [1.807, 2.05) is 0 Å². The number of fused-ring (bicyclic) bond motifs is 5. The number of benzene rings is 1. The van der Waals surface area contributed by atoms with Gasteiger partial charge in [0, 0.05) is 17.5 Å². The highest BCUT2D eigenvalue weighted by Gasteiger charge is 2.45. The van der Waals surface area contributed by atoms with Gasteiger partial charge >= 0.3 is 0 Å². The van der Waals surface area contributed by atoms with Crippen molar-refractivity contribution in [3.05, 3.63) is 41.2 Å². The summed E-state index contributed by atoms with van der Waals surface area (Å²) in [5.74, 6) is 1.75. The molecule has 3 aliphatic rings. The molecule has 0 amide bonds. The summed E-state index contributed by atoms with van der Waals surface area (Å²) in [5, 5.41) is 1.14. The molecule has 2 bridgehead atoms. The SMILES string of the molecule is c1ccc2c(c1)C1CCC2N1c1nc(C2CC2)ns1. The van der Waals surface area contributed by atoms with E-state index in [9.17, 15) is 0 Å². The average Bonchev–Trinajstić information content (AvgIpc) is 2.95. The first kappa shape index (κ1) is 10.4. The van der Waals surface area contributed by atoms with Crippen LogP contribution in [0.3, 0.4) is 0 Å². The van der Waals surface area contributed by atoms with E-state index in [1.54, 1.807) is 11.5 Å². The molecule has 0 spiro atoms. The van der Waals surface area contributed by atoms with Crippen LogP contribution >= 0.6 is 11.5 Å². The van der Waals surface area contributed by atoms with Gasteiger partial charge in [-0.2, -0.15) is 4.37 Å². The molecule has 1 saturated heterocycles. The molecule has 1 aromatic carbocycles. The number of hydrogen-bond acceptors (Lipinski definition) is 4. The third kappa shape index (κ3) is 1.38. The van der Waals surface area contributed by atoms with E-state index >= 15 is 0 Å². The fourth-order valence-corrected chi connectivity index (χ4v) is 4.49. The molecule has 0 N–H and O–H groups in total. The fourth-order valence-electron chi connectivity index (χ4n) is 3.64. The molecule has 1 aliphatic carbocycles. The Morgan fingerprint density at radius 2 is 1.68 bits per heavy atom. The number of nitrogens with zero attached hydrogens (tertiary/aromatic N) is 3. The minimum Gasteiger partial charge on any atom is -0.333 e. The molecule has 4 heteroatoms. The molecule has 2 atom stereocenters. The first-order chi connectivity index (χ1) is 9.42. The normalized spacial score (nSPS) is 27.9. The summed E-state index contributed by atoms with van der Waals surface area (Å²) in [6, 6.07) is 9.98. The number of aromatic nitrogens is 2. The van der Waals surface area contributed by atoms with Crippen LogP contribution < -0.4 is 4.90 Å². The van der Waals surface area contributed by atoms with Crippen LogP contribution in [0.25, 0.3) is 0 Å². The smallest absolute Gasteiger partial charge is 0.206 e. The van der Waals surface area contributed by atoms with Crippen LogP contribution in [-0.4, -0.2) is 9.36 Å². The van der Waals surface area contributed by atoms with Crippen LogP contribution in [0.2, 0.25) is 0 Å². The maximum absolute atomic E-state index is 4.81. The standard InChI is InChI=1S/C15H15N3S/c1-2-4-11-10(3-1)12-7-8-13(11)18(12)15-16-14(17-19-15)9-5-6-9/h1-4,9,12-13H,5-8H2. The molecule has 2 fully saturated rings. The van der Waals surface area contributed by atoms with Gasteiger partial charge in [-0.15, -0.1) is 0 Å². The third-order valence-electron chi connectivity index (χ3n) is 4.69. The topological polar surface area (TPSA) is 29.0 Å². The molecule has 5 rings (SSSR count). The molecule has 19 heavy (non-hydrogen) atoms. The van der Waals surface area contributed by atoms with Gasteiger partial charge in [0.05, 0.1) is 12.1 Å². The maximum atomic E-state index is 4.81. The van der Waals surface area contributed by atoms with Gasteiger partial charge in [0.1, 0.15) is 5.82 Å². The van der Waals surface area contributed by atoms with Gasteiger partial charge in [-0.05, 0) is 36.8 Å². The molecule has 1 aromatic heterocycles. The first-order valence-electron chi connectivity index (χ1n) is 7.12. The summed E-state index contributed by atoms with van der Waals surface area (Å²) in [5.41, 5.74) is 3.03. The number of hydrogen-bond donors (Lipinski definition) is 0. The van der Waals surface area contributed by atoms with Gasteiger partial charge in [-0.25, -0.2) is 4.98 Å². The van der Waals surface area contributed by atoms with Crippen LogP contribution in [0.15, 0.2) is 24.3 Å². The van der Waals surface area contributed by atoms with Crippen molar-refractivity contribution in [3.8, 4) is 0 Å². The third-order valence-corrected chi connectivity index (χ3v) is 5.44. The minimum atomic E-state index is 0.543. The predicted molar refractivity (Wildman–Crippen MR) is 75.5 cm³/mol. The highest BCUT2D eigenvalue weighted by atomic mass is 32.1. The Labute approximate surface area is 116 Å². The molecule has 2 unspecified atom stereocenters. The molecule has 2 aromatic rings. The second kappa shape index (κ2) is 3.57. The Bertz CT molecular complexity index is 615. The zero-order valence-electron chi connectivity index (χ0n) is 10.6. The summed E-state index contributed by atoms with van der Waals surface area (Å²) in [6.45, 7) is 0. The van der Waals surface area contributed by atoms with Crippen LogP contribution in [0.1, 0.15) is 60.6 Å². The average molecular weight is 269 g/mol. The van der Waals surface area contributed by atoms with Crippen molar-refractivity contribution in [2.45, 2.75) is 43.7 Å². The van der Waals surface area contributed by atoms with Crippen LogP contribution in [0.5, 0.6) is 0 Å². The lowest BCUT2D eigenvalue weighted by molar-refractivity contribution is 0.717. The minimum absolute atomic E-state index is 0.543. The molecule has 96 valence electrons. The van der Waals surface area contributed by atoms with Gasteiger partial charge < -0.3 is 4.90 Å². The zero-order valence-corrected chi connectivity index (χ0v) is 11.4. The van der Waals surface area contributed by atoms with E-state index in [0.29, 0.717) is 18.0 Å². The fraction of sp³-hybridized carbons (Fsp3) is 0.467. The Hall–Kier alpha value is -1.42. The van der Waals surface area contributed by atoms with Crippen LogP contribution in [-0.2, 0) is 0 Å². The summed E-state index contributed by atoms with van der Waals surface area (Å²) in [6.07, 6.45) is 5.09. The molecule has 2 aliphatic heterocycles. The van der Waals surface area contributed by atoms with Crippen molar-refractivity contribution in [1.82, 2.24) is 9.36 Å². The predicted octanol–water partition coefficient (Wildman–Crippen LogP) is 3.81. The van der Waals surface area contributed by atoms with Gasteiger partial charge in [0.25, 0.3) is 0 Å². The van der Waals surface area contributed by atoms with Crippen molar-refractivity contribution in [3.63, 3.8) is 0 Å². The Balaban J connectivity index is 1.57. The Kier molecular flexibility index (Phi) is 1.95. The lowest BCUT2D eigenvalue weighted by Crippen LogP contribution is -2.18. The quantitative estimate of drug-likeness (QED) is 0.830. The van der Waals surface area contributed by atoms with Crippen molar-refractivity contribution in [2.75, 3.05) is 4.90 Å². The number of anilines is 1. The van der Waals surface area contributed by atoms with E-state index in [1.165, 1.54) is 36.8 Å². The van der Waals surface area contributed by atoms with Gasteiger partial charge in [-0.1, -0.05) is 24.3 Å². The maximum Gasteiger partial charge on any atom is 0.206 e. The summed E-state index contributed by atoms with van der Waals surface area (Å²) in [7, 11) is 0. The van der Waals surface area contributed by atoms with Crippen molar-refractivity contribution < 1.29 is 0 Å². The van der Waals surface area contributed by atoms with Crippen LogP contribution in [0, 0.1) is 0 Å². The molecular weight excluding hydrogens is 254 g/mol. The van der Waals surface area contributed by atoms with Crippen molar-refractivity contribution in [2.24, 2.45) is 0 Å². The lowest BCUT2D eigenvalue weighted by Gasteiger charge is -2.20. The largest absolute Gasteiger partial charge is 0.333 e. The summed E-state index contributed by atoms with van der Waals surface area (Å²) in [4.78, 5) is 7.33. The molecule has 1 saturated carbocycles. The van der Waals surface area contributed by atoms with Crippen molar-refractivity contribution >= 4 is 16.7 Å². The van der Waals surface area contributed by atoms with E-state index in [-0.39, 0.29) is 0 Å². The van der Waals surface area contributed by atoms with Crippen molar-refractivity contribution in [1.29, 1.82) is 0 Å². The van der Waals surface area contributed by atoms with Gasteiger partial charge in [0.2, 0.25) is 5.13 Å². The molecule has 3 heterocycles. The monoisotopic (exact) mass is 269 g/mol. The highest BCUT2D eigenvalue weighted by Crippen LogP contribution is 2.55. The van der Waals surface area contributed by atoms with Gasteiger partial charge in [0.15, 0.2) is 0 Å². The van der Waals surface area contributed by atoms with E-state index in [4.69, 9.17) is 4.98 Å².